The van der Waals surface area contributed by atoms with Crippen molar-refractivity contribution in [3.8, 4) is 0 Å². The molecule has 2 aromatic rings. The van der Waals surface area contributed by atoms with Crippen molar-refractivity contribution in [1.29, 1.82) is 0 Å². The Hall–Kier alpha value is -1.92. The van der Waals surface area contributed by atoms with Gasteiger partial charge < -0.3 is 14.9 Å². The van der Waals surface area contributed by atoms with Gasteiger partial charge in [0.05, 0.1) is 24.4 Å². The molecule has 1 saturated heterocycles. The summed E-state index contributed by atoms with van der Waals surface area (Å²) in [5, 5.41) is 13.2. The van der Waals surface area contributed by atoms with Crippen LogP contribution >= 0.6 is 11.3 Å². The van der Waals surface area contributed by atoms with Crippen molar-refractivity contribution >= 4 is 22.4 Å². The highest BCUT2D eigenvalue weighted by molar-refractivity contribution is 7.13. The Labute approximate surface area is 171 Å². The van der Waals surface area contributed by atoms with Gasteiger partial charge in [-0.15, -0.1) is 11.3 Å². The number of likely N-dealkylation sites (N-methyl/N-ethyl adjacent to an activating group) is 1. The Balaban J connectivity index is 1.60. The van der Waals surface area contributed by atoms with E-state index in [2.05, 4.69) is 29.3 Å². The number of aromatic nitrogens is 1. The first-order valence-corrected chi connectivity index (χ1v) is 11.2. The molecule has 0 radical (unpaired) electrons. The molecule has 4 rings (SSSR count). The zero-order chi connectivity index (χ0) is 19.7. The fourth-order valence-corrected chi connectivity index (χ4v) is 5.49. The fraction of sp³-hybridized carbons (Fsp3) is 0.545. The van der Waals surface area contributed by atoms with Crippen molar-refractivity contribution < 1.29 is 9.90 Å². The lowest BCUT2D eigenvalue weighted by atomic mass is 9.75. The van der Waals surface area contributed by atoms with Crippen LogP contribution in [0.25, 0.3) is 0 Å². The summed E-state index contributed by atoms with van der Waals surface area (Å²) in [6.07, 6.45) is 4.11. The molecule has 1 aliphatic heterocycles. The summed E-state index contributed by atoms with van der Waals surface area (Å²) in [6, 6.07) is 10.5. The second kappa shape index (κ2) is 8.21. The Morgan fingerprint density at radius 1 is 1.29 bits per heavy atom. The SMILES string of the molecule is CCc1csc(N2[C@H](CO)[C@H](c3ccccc3)[C@@H]2CN(C)C(=O)C2CCC2)n1. The predicted molar refractivity (Wildman–Crippen MR) is 113 cm³/mol. The van der Waals surface area contributed by atoms with Crippen LogP contribution in [-0.4, -0.2) is 53.2 Å². The smallest absolute Gasteiger partial charge is 0.225 e. The van der Waals surface area contributed by atoms with E-state index in [4.69, 9.17) is 4.98 Å². The predicted octanol–water partition coefficient (Wildman–Crippen LogP) is 3.30. The lowest BCUT2D eigenvalue weighted by Crippen LogP contribution is -2.67. The number of carbonyl (C=O) groups excluding carboxylic acids is 1. The molecule has 3 atom stereocenters. The number of amides is 1. The van der Waals surface area contributed by atoms with Gasteiger partial charge in [-0.3, -0.25) is 4.79 Å². The lowest BCUT2D eigenvalue weighted by Gasteiger charge is -2.56. The Morgan fingerprint density at radius 3 is 2.61 bits per heavy atom. The third-order valence-corrected chi connectivity index (χ3v) is 7.23. The maximum atomic E-state index is 12.7. The number of hydrogen-bond acceptors (Lipinski definition) is 5. The molecule has 1 aromatic heterocycles. The molecule has 28 heavy (non-hydrogen) atoms. The quantitative estimate of drug-likeness (QED) is 0.776. The number of anilines is 1. The van der Waals surface area contributed by atoms with Crippen LogP contribution in [0.3, 0.4) is 0 Å². The number of nitrogens with zero attached hydrogens (tertiary/aromatic N) is 3. The van der Waals surface area contributed by atoms with Gasteiger partial charge in [-0.1, -0.05) is 43.7 Å². The number of aliphatic hydroxyl groups is 1. The monoisotopic (exact) mass is 399 g/mol. The van der Waals surface area contributed by atoms with E-state index < -0.39 is 0 Å². The molecule has 1 amide bonds. The van der Waals surface area contributed by atoms with Crippen LogP contribution in [0.5, 0.6) is 0 Å². The van der Waals surface area contributed by atoms with Gasteiger partial charge in [0.15, 0.2) is 5.13 Å². The normalized spacial score (nSPS) is 24.5. The van der Waals surface area contributed by atoms with E-state index in [1.54, 1.807) is 11.3 Å². The van der Waals surface area contributed by atoms with Crippen LogP contribution < -0.4 is 4.90 Å². The molecule has 0 spiro atoms. The summed E-state index contributed by atoms with van der Waals surface area (Å²) in [5.74, 6) is 0.657. The maximum absolute atomic E-state index is 12.7. The summed E-state index contributed by atoms with van der Waals surface area (Å²) in [7, 11) is 1.92. The summed E-state index contributed by atoms with van der Waals surface area (Å²) in [4.78, 5) is 21.6. The van der Waals surface area contributed by atoms with Crippen LogP contribution in [0.1, 0.15) is 43.4 Å². The van der Waals surface area contributed by atoms with Gasteiger partial charge in [-0.25, -0.2) is 4.98 Å². The molecule has 150 valence electrons. The van der Waals surface area contributed by atoms with Gasteiger partial charge in [0.25, 0.3) is 0 Å². The molecular weight excluding hydrogens is 370 g/mol. The molecule has 6 heteroatoms. The third-order valence-electron chi connectivity index (χ3n) is 6.33. The standard InChI is InChI=1S/C22H29N3O2S/c1-3-17-14-28-22(23-17)25-18(12-24(2)21(27)16-10-7-11-16)20(19(25)13-26)15-8-5-4-6-9-15/h4-6,8-9,14,16,18-20,26H,3,7,10-13H2,1-2H3/t18-,19+,20+/m0/s1. The van der Waals surface area contributed by atoms with Crippen LogP contribution in [0.4, 0.5) is 5.13 Å². The highest BCUT2D eigenvalue weighted by atomic mass is 32.1. The molecule has 5 nitrogen and oxygen atoms in total. The van der Waals surface area contributed by atoms with Crippen molar-refractivity contribution in [3.05, 3.63) is 47.0 Å². The van der Waals surface area contributed by atoms with E-state index in [1.807, 2.05) is 30.1 Å². The van der Waals surface area contributed by atoms with Crippen LogP contribution in [-0.2, 0) is 11.2 Å². The lowest BCUT2D eigenvalue weighted by molar-refractivity contribution is -0.137. The van der Waals surface area contributed by atoms with E-state index in [-0.39, 0.29) is 36.4 Å². The van der Waals surface area contributed by atoms with Crippen molar-refractivity contribution in [2.45, 2.75) is 50.6 Å². The van der Waals surface area contributed by atoms with Crippen molar-refractivity contribution in [2.24, 2.45) is 5.92 Å². The zero-order valence-electron chi connectivity index (χ0n) is 16.6. The summed E-state index contributed by atoms with van der Waals surface area (Å²) >= 11 is 1.64. The largest absolute Gasteiger partial charge is 0.394 e. The summed E-state index contributed by atoms with van der Waals surface area (Å²) < 4.78 is 0. The zero-order valence-corrected chi connectivity index (χ0v) is 17.4. The Kier molecular flexibility index (Phi) is 5.69. The second-order valence-electron chi connectivity index (χ2n) is 7.98. The van der Waals surface area contributed by atoms with E-state index in [9.17, 15) is 9.90 Å². The highest BCUT2D eigenvalue weighted by Gasteiger charge is 2.50. The maximum Gasteiger partial charge on any atom is 0.225 e. The minimum Gasteiger partial charge on any atom is -0.394 e. The highest BCUT2D eigenvalue weighted by Crippen LogP contribution is 2.45. The van der Waals surface area contributed by atoms with Crippen LogP contribution in [0, 0.1) is 5.92 Å². The van der Waals surface area contributed by atoms with Gasteiger partial charge in [0, 0.05) is 30.8 Å². The van der Waals surface area contributed by atoms with Gasteiger partial charge in [0.2, 0.25) is 5.91 Å². The Bertz CT molecular complexity index is 805. The molecule has 1 aliphatic carbocycles. The Morgan fingerprint density at radius 2 is 2.04 bits per heavy atom. The number of thiazole rings is 1. The van der Waals surface area contributed by atoms with Gasteiger partial charge in [-0.05, 0) is 24.8 Å². The first-order chi connectivity index (χ1) is 13.6. The fourth-order valence-electron chi connectivity index (χ4n) is 4.47. The van der Waals surface area contributed by atoms with Gasteiger partial charge in [-0.2, -0.15) is 0 Å². The van der Waals surface area contributed by atoms with E-state index in [1.165, 1.54) is 5.56 Å². The number of hydrogen-bond donors (Lipinski definition) is 1. The van der Waals surface area contributed by atoms with Crippen LogP contribution in [0.15, 0.2) is 35.7 Å². The van der Waals surface area contributed by atoms with Crippen LogP contribution in [0.2, 0.25) is 0 Å². The van der Waals surface area contributed by atoms with Crippen molar-refractivity contribution in [1.82, 2.24) is 9.88 Å². The molecule has 2 aliphatic rings. The average Bonchev–Trinajstić information content (AvgIpc) is 3.12. The molecule has 2 heterocycles. The average molecular weight is 400 g/mol. The first-order valence-electron chi connectivity index (χ1n) is 10.3. The minimum absolute atomic E-state index is 0.00420. The summed E-state index contributed by atoms with van der Waals surface area (Å²) in [5.41, 5.74) is 2.30. The number of aliphatic hydroxyl groups excluding tert-OH is 1. The minimum atomic E-state index is -0.00420. The van der Waals surface area contributed by atoms with Crippen molar-refractivity contribution in [3.63, 3.8) is 0 Å². The number of carbonyl (C=O) groups is 1. The van der Waals surface area contributed by atoms with Gasteiger partial charge in [0.1, 0.15) is 0 Å². The molecule has 0 unspecified atom stereocenters. The first kappa shape index (κ1) is 19.4. The molecular formula is C22H29N3O2S. The molecule has 1 N–H and O–H groups in total. The molecule has 1 saturated carbocycles. The molecule has 2 fully saturated rings. The second-order valence-corrected chi connectivity index (χ2v) is 8.82. The molecule has 1 aromatic carbocycles. The summed E-state index contributed by atoms with van der Waals surface area (Å²) in [6.45, 7) is 2.84. The van der Waals surface area contributed by atoms with Gasteiger partial charge >= 0.3 is 0 Å². The number of benzene rings is 1. The molecule has 0 bridgehead atoms. The van der Waals surface area contributed by atoms with Crippen molar-refractivity contribution in [2.75, 3.05) is 25.1 Å². The number of rotatable bonds is 7. The van der Waals surface area contributed by atoms with E-state index in [0.717, 1.165) is 36.5 Å². The topological polar surface area (TPSA) is 56.7 Å². The van der Waals surface area contributed by atoms with E-state index >= 15 is 0 Å². The van der Waals surface area contributed by atoms with E-state index in [0.29, 0.717) is 6.54 Å². The third kappa shape index (κ3) is 3.44. The number of aryl methyl sites for hydroxylation is 1.